The molecule has 3 rings (SSSR count). The summed E-state index contributed by atoms with van der Waals surface area (Å²) in [5, 5.41) is 7.58. The summed E-state index contributed by atoms with van der Waals surface area (Å²) in [6, 6.07) is 12.1. The number of nitrogens with one attached hydrogen (secondary N) is 1. The molecule has 0 saturated carbocycles. The van der Waals surface area contributed by atoms with Gasteiger partial charge < -0.3 is 10.1 Å². The Kier molecular flexibility index (Phi) is 4.52. The van der Waals surface area contributed by atoms with E-state index in [2.05, 4.69) is 39.4 Å². The second kappa shape index (κ2) is 6.91. The van der Waals surface area contributed by atoms with Crippen molar-refractivity contribution in [1.29, 1.82) is 0 Å². The van der Waals surface area contributed by atoms with E-state index in [1.54, 1.807) is 12.3 Å². The molecule has 1 unspecified atom stereocenters. The van der Waals surface area contributed by atoms with Crippen LogP contribution in [0, 0.1) is 0 Å². The minimum Gasteiger partial charge on any atom is -0.478 e. The molecule has 0 aliphatic heterocycles. The number of rotatable bonds is 6. The van der Waals surface area contributed by atoms with E-state index in [9.17, 15) is 0 Å². The number of nitrogens with zero attached hydrogens (tertiary/aromatic N) is 4. The van der Waals surface area contributed by atoms with Crippen LogP contribution in [-0.4, -0.2) is 26.4 Å². The summed E-state index contributed by atoms with van der Waals surface area (Å²) in [5.74, 6) is 1.32. The maximum absolute atomic E-state index is 5.39. The van der Waals surface area contributed by atoms with Gasteiger partial charge >= 0.3 is 0 Å². The minimum absolute atomic E-state index is 0.117. The number of aromatic nitrogens is 4. The largest absolute Gasteiger partial charge is 0.478 e. The summed E-state index contributed by atoms with van der Waals surface area (Å²) in [6.07, 6.45) is 5.19. The number of hydrogen-bond acceptors (Lipinski definition) is 5. The van der Waals surface area contributed by atoms with Gasteiger partial charge in [0.25, 0.3) is 0 Å². The predicted molar refractivity (Wildman–Crippen MR) is 88.8 cm³/mol. The molecule has 118 valence electrons. The average Bonchev–Trinajstić information content (AvgIpc) is 3.10. The monoisotopic (exact) mass is 309 g/mol. The molecule has 0 radical (unpaired) electrons. The van der Waals surface area contributed by atoms with Gasteiger partial charge in [-0.15, -0.1) is 0 Å². The smallest absolute Gasteiger partial charge is 0.218 e. The molecule has 0 amide bonds. The Morgan fingerprint density at radius 2 is 2.04 bits per heavy atom. The van der Waals surface area contributed by atoms with Crippen LogP contribution in [0.1, 0.15) is 25.5 Å². The van der Waals surface area contributed by atoms with Gasteiger partial charge in [0.1, 0.15) is 12.1 Å². The van der Waals surface area contributed by atoms with E-state index in [-0.39, 0.29) is 6.04 Å². The summed E-state index contributed by atoms with van der Waals surface area (Å²) < 4.78 is 7.22. The van der Waals surface area contributed by atoms with Gasteiger partial charge in [0.05, 0.1) is 12.3 Å². The average molecular weight is 309 g/mol. The van der Waals surface area contributed by atoms with Crippen LogP contribution in [0.25, 0.3) is 5.69 Å². The van der Waals surface area contributed by atoms with Crippen molar-refractivity contribution in [3.8, 4) is 11.6 Å². The van der Waals surface area contributed by atoms with Gasteiger partial charge in [0, 0.05) is 24.5 Å². The molecule has 1 N–H and O–H groups in total. The lowest BCUT2D eigenvalue weighted by atomic mass is 10.1. The van der Waals surface area contributed by atoms with Gasteiger partial charge in [0.2, 0.25) is 5.88 Å². The van der Waals surface area contributed by atoms with Crippen LogP contribution in [0.2, 0.25) is 0 Å². The molecule has 0 spiro atoms. The highest BCUT2D eigenvalue weighted by Gasteiger charge is 2.08. The lowest BCUT2D eigenvalue weighted by molar-refractivity contribution is 0.326. The van der Waals surface area contributed by atoms with Crippen molar-refractivity contribution in [3.05, 3.63) is 60.7 Å². The van der Waals surface area contributed by atoms with Crippen LogP contribution in [0.5, 0.6) is 5.88 Å². The topological polar surface area (TPSA) is 64.9 Å². The molecule has 2 aromatic heterocycles. The molecule has 0 aliphatic rings. The maximum Gasteiger partial charge on any atom is 0.218 e. The van der Waals surface area contributed by atoms with Crippen LogP contribution in [0.4, 0.5) is 5.82 Å². The summed E-state index contributed by atoms with van der Waals surface area (Å²) in [4.78, 5) is 8.30. The molecule has 0 aliphatic carbocycles. The lowest BCUT2D eigenvalue weighted by Gasteiger charge is -2.15. The molecule has 2 heterocycles. The molecular weight excluding hydrogens is 290 g/mol. The van der Waals surface area contributed by atoms with E-state index < -0.39 is 0 Å². The number of benzene rings is 1. The molecule has 1 aromatic carbocycles. The van der Waals surface area contributed by atoms with E-state index in [0.29, 0.717) is 12.5 Å². The van der Waals surface area contributed by atoms with Gasteiger partial charge in [-0.3, -0.25) is 0 Å². The molecule has 0 fully saturated rings. The first-order chi connectivity index (χ1) is 11.3. The Morgan fingerprint density at radius 1 is 1.22 bits per heavy atom. The van der Waals surface area contributed by atoms with Gasteiger partial charge in [-0.2, -0.15) is 5.10 Å². The van der Waals surface area contributed by atoms with Crippen molar-refractivity contribution < 1.29 is 4.74 Å². The Labute approximate surface area is 135 Å². The number of hydrogen-bond donors (Lipinski definition) is 1. The first-order valence-corrected chi connectivity index (χ1v) is 7.57. The van der Waals surface area contributed by atoms with Crippen molar-refractivity contribution in [3.63, 3.8) is 0 Å². The Morgan fingerprint density at radius 3 is 2.74 bits per heavy atom. The highest BCUT2D eigenvalue weighted by atomic mass is 16.5. The normalized spacial score (nSPS) is 11.9. The molecule has 6 heteroatoms. The lowest BCUT2D eigenvalue weighted by Crippen LogP contribution is -2.09. The summed E-state index contributed by atoms with van der Waals surface area (Å²) in [5.41, 5.74) is 2.20. The van der Waals surface area contributed by atoms with E-state index in [1.165, 1.54) is 6.33 Å². The second-order valence-electron chi connectivity index (χ2n) is 5.08. The zero-order valence-corrected chi connectivity index (χ0v) is 13.2. The van der Waals surface area contributed by atoms with Crippen LogP contribution in [0.15, 0.2) is 55.1 Å². The maximum atomic E-state index is 5.39. The number of anilines is 1. The molecule has 1 atom stereocenters. The Bertz CT molecular complexity index is 740. The standard InChI is InChI=1S/C17H19N5O/c1-3-23-17-11-16(18-12-19-17)21-13(2)14-5-7-15(8-6-14)22-10-4-9-20-22/h4-13H,3H2,1-2H3,(H,18,19,21). The second-order valence-corrected chi connectivity index (χ2v) is 5.08. The Balaban J connectivity index is 1.70. The van der Waals surface area contributed by atoms with Crippen molar-refractivity contribution in [1.82, 2.24) is 19.7 Å². The number of ether oxygens (including phenoxy) is 1. The van der Waals surface area contributed by atoms with Crippen LogP contribution in [0.3, 0.4) is 0 Å². The van der Waals surface area contributed by atoms with E-state index >= 15 is 0 Å². The molecule has 3 aromatic rings. The van der Waals surface area contributed by atoms with Crippen LogP contribution in [-0.2, 0) is 0 Å². The first kappa shape index (κ1) is 15.0. The summed E-state index contributed by atoms with van der Waals surface area (Å²) >= 11 is 0. The quantitative estimate of drug-likeness (QED) is 0.757. The SMILES string of the molecule is CCOc1cc(NC(C)c2ccc(-n3cccn3)cc2)ncn1. The van der Waals surface area contributed by atoms with Crippen LogP contribution < -0.4 is 10.1 Å². The third-order valence-electron chi connectivity index (χ3n) is 3.46. The van der Waals surface area contributed by atoms with Gasteiger partial charge in [0.15, 0.2) is 0 Å². The minimum atomic E-state index is 0.117. The third kappa shape index (κ3) is 3.66. The van der Waals surface area contributed by atoms with Crippen molar-refractivity contribution in [2.75, 3.05) is 11.9 Å². The van der Waals surface area contributed by atoms with Crippen molar-refractivity contribution >= 4 is 5.82 Å². The fraction of sp³-hybridized carbons (Fsp3) is 0.235. The van der Waals surface area contributed by atoms with E-state index in [4.69, 9.17) is 4.74 Å². The Hall–Kier alpha value is -2.89. The fourth-order valence-corrected chi connectivity index (χ4v) is 2.29. The molecule has 0 bridgehead atoms. The van der Waals surface area contributed by atoms with E-state index in [0.717, 1.165) is 17.1 Å². The zero-order valence-electron chi connectivity index (χ0n) is 13.2. The predicted octanol–water partition coefficient (Wildman–Crippen LogP) is 3.23. The molecule has 0 saturated heterocycles. The summed E-state index contributed by atoms with van der Waals surface area (Å²) in [6.45, 7) is 4.60. The highest BCUT2D eigenvalue weighted by Crippen LogP contribution is 2.20. The van der Waals surface area contributed by atoms with Crippen LogP contribution >= 0.6 is 0 Å². The van der Waals surface area contributed by atoms with Crippen molar-refractivity contribution in [2.45, 2.75) is 19.9 Å². The highest BCUT2D eigenvalue weighted by molar-refractivity contribution is 5.42. The molecule has 6 nitrogen and oxygen atoms in total. The van der Waals surface area contributed by atoms with Crippen molar-refractivity contribution in [2.24, 2.45) is 0 Å². The molecular formula is C17H19N5O. The van der Waals surface area contributed by atoms with Gasteiger partial charge in [-0.25, -0.2) is 14.6 Å². The molecule has 23 heavy (non-hydrogen) atoms. The van der Waals surface area contributed by atoms with Gasteiger partial charge in [-0.1, -0.05) is 12.1 Å². The summed E-state index contributed by atoms with van der Waals surface area (Å²) in [7, 11) is 0. The fourth-order valence-electron chi connectivity index (χ4n) is 2.29. The van der Waals surface area contributed by atoms with E-state index in [1.807, 2.05) is 36.0 Å². The first-order valence-electron chi connectivity index (χ1n) is 7.57. The third-order valence-corrected chi connectivity index (χ3v) is 3.46. The zero-order chi connectivity index (χ0) is 16.1. The van der Waals surface area contributed by atoms with Gasteiger partial charge in [-0.05, 0) is 37.6 Å².